The van der Waals surface area contributed by atoms with Gasteiger partial charge in [0.25, 0.3) is 0 Å². The third-order valence-corrected chi connectivity index (χ3v) is 3.22. The van der Waals surface area contributed by atoms with E-state index in [2.05, 4.69) is 4.98 Å². The molecule has 0 bridgehead atoms. The number of H-pyrrole nitrogens is 1. The monoisotopic (exact) mass is 244 g/mol. The molecule has 2 N–H and O–H groups in total. The van der Waals surface area contributed by atoms with Gasteiger partial charge in [0.05, 0.1) is 12.6 Å². The van der Waals surface area contributed by atoms with Gasteiger partial charge < -0.3 is 19.4 Å². The number of carboxylic acid groups (broad SMARTS) is 1. The first kappa shape index (κ1) is 10.7. The zero-order valence-electron chi connectivity index (χ0n) is 10.0. The van der Waals surface area contributed by atoms with Crippen LogP contribution >= 0.6 is 0 Å². The van der Waals surface area contributed by atoms with Gasteiger partial charge in [0, 0.05) is 23.9 Å². The predicted octanol–water partition coefficient (Wildman–Crippen LogP) is 2.37. The second kappa shape index (κ2) is 3.53. The lowest BCUT2D eigenvalue weighted by Crippen LogP contribution is -1.97. The molecule has 92 valence electrons. The predicted molar refractivity (Wildman–Crippen MR) is 68.3 cm³/mol. The molecule has 3 rings (SSSR count). The molecule has 0 fully saturated rings. The quantitative estimate of drug-likeness (QED) is 0.727. The fourth-order valence-electron chi connectivity index (χ4n) is 2.29. The van der Waals surface area contributed by atoms with Crippen molar-refractivity contribution in [2.75, 3.05) is 7.11 Å². The molecule has 0 amide bonds. The third-order valence-electron chi connectivity index (χ3n) is 3.22. The van der Waals surface area contributed by atoms with E-state index in [4.69, 9.17) is 9.84 Å². The summed E-state index contributed by atoms with van der Waals surface area (Å²) in [4.78, 5) is 13.9. The zero-order chi connectivity index (χ0) is 12.9. The number of hydrogen-bond acceptors (Lipinski definition) is 2. The minimum atomic E-state index is -0.951. The summed E-state index contributed by atoms with van der Waals surface area (Å²) in [5.41, 5.74) is 2.01. The van der Waals surface area contributed by atoms with Crippen LogP contribution in [0.15, 0.2) is 24.3 Å². The topological polar surface area (TPSA) is 67.2 Å². The molecule has 0 radical (unpaired) electrons. The Bertz CT molecular complexity index is 767. The van der Waals surface area contributed by atoms with Gasteiger partial charge in [0.1, 0.15) is 17.1 Å². The van der Waals surface area contributed by atoms with Gasteiger partial charge in [-0.1, -0.05) is 0 Å². The molecule has 0 atom stereocenters. The molecule has 2 heterocycles. The maximum absolute atomic E-state index is 11.0. The van der Waals surface area contributed by atoms with Crippen LogP contribution < -0.4 is 4.74 Å². The highest BCUT2D eigenvalue weighted by Crippen LogP contribution is 2.31. The summed E-state index contributed by atoms with van der Waals surface area (Å²) in [5.74, 6) is -0.169. The number of fused-ring (bicyclic) bond motifs is 3. The Balaban J connectivity index is 2.39. The van der Waals surface area contributed by atoms with E-state index in [1.165, 1.54) is 0 Å². The van der Waals surface area contributed by atoms with E-state index in [9.17, 15) is 4.79 Å². The number of aryl methyl sites for hydroxylation is 1. The number of benzene rings is 1. The Hall–Kier alpha value is -2.43. The summed E-state index contributed by atoms with van der Waals surface area (Å²) >= 11 is 0. The van der Waals surface area contributed by atoms with Gasteiger partial charge in [0.2, 0.25) is 0 Å². The van der Waals surface area contributed by atoms with Crippen molar-refractivity contribution >= 4 is 27.9 Å². The van der Waals surface area contributed by atoms with Crippen molar-refractivity contribution in [3.63, 3.8) is 0 Å². The van der Waals surface area contributed by atoms with Crippen LogP contribution in [0.1, 0.15) is 10.5 Å². The van der Waals surface area contributed by atoms with Crippen LogP contribution in [0, 0.1) is 0 Å². The number of carbonyl (C=O) groups is 1. The molecule has 1 aromatic carbocycles. The van der Waals surface area contributed by atoms with Gasteiger partial charge >= 0.3 is 5.97 Å². The molecule has 0 aliphatic rings. The van der Waals surface area contributed by atoms with Crippen molar-refractivity contribution in [1.29, 1.82) is 0 Å². The molecule has 5 heteroatoms. The molecule has 0 aliphatic carbocycles. The first-order valence-corrected chi connectivity index (χ1v) is 5.50. The van der Waals surface area contributed by atoms with Gasteiger partial charge in [-0.15, -0.1) is 0 Å². The second-order valence-electron chi connectivity index (χ2n) is 4.19. The van der Waals surface area contributed by atoms with Crippen LogP contribution in [0.4, 0.5) is 0 Å². The smallest absolute Gasteiger partial charge is 0.352 e. The summed E-state index contributed by atoms with van der Waals surface area (Å²) in [6.07, 6.45) is 0. The molecule has 0 saturated heterocycles. The number of methoxy groups -OCH3 is 1. The van der Waals surface area contributed by atoms with E-state index in [0.717, 1.165) is 27.7 Å². The lowest BCUT2D eigenvalue weighted by Gasteiger charge is -2.01. The molecule has 0 unspecified atom stereocenters. The number of hydrogen-bond donors (Lipinski definition) is 2. The number of aromatic nitrogens is 2. The fourth-order valence-corrected chi connectivity index (χ4v) is 2.29. The molecular formula is C13H12N2O3. The number of ether oxygens (including phenoxy) is 1. The van der Waals surface area contributed by atoms with Crippen LogP contribution in [0.3, 0.4) is 0 Å². The summed E-state index contributed by atoms with van der Waals surface area (Å²) in [5, 5.41) is 10.9. The zero-order valence-corrected chi connectivity index (χ0v) is 10.0. The molecule has 0 aliphatic heterocycles. The first-order chi connectivity index (χ1) is 8.61. The molecule has 5 nitrogen and oxygen atoms in total. The maximum atomic E-state index is 11.0. The average Bonchev–Trinajstić information content (AvgIpc) is 2.90. The number of aromatic carboxylic acids is 1. The van der Waals surface area contributed by atoms with Crippen molar-refractivity contribution in [2.24, 2.45) is 7.05 Å². The molecular weight excluding hydrogens is 232 g/mol. The van der Waals surface area contributed by atoms with Crippen LogP contribution in [0.2, 0.25) is 0 Å². The van der Waals surface area contributed by atoms with Gasteiger partial charge in [-0.3, -0.25) is 0 Å². The summed E-state index contributed by atoms with van der Waals surface area (Å²) in [6.45, 7) is 0. The minimum Gasteiger partial charge on any atom is -0.497 e. The van der Waals surface area contributed by atoms with E-state index >= 15 is 0 Å². The summed E-state index contributed by atoms with van der Waals surface area (Å²) in [6, 6.07) is 7.40. The Morgan fingerprint density at radius 1 is 1.33 bits per heavy atom. The van der Waals surface area contributed by atoms with Crippen molar-refractivity contribution in [1.82, 2.24) is 9.55 Å². The van der Waals surface area contributed by atoms with Crippen molar-refractivity contribution < 1.29 is 14.6 Å². The van der Waals surface area contributed by atoms with Crippen molar-refractivity contribution in [3.05, 3.63) is 30.0 Å². The highest BCUT2D eigenvalue weighted by atomic mass is 16.5. The van der Waals surface area contributed by atoms with Gasteiger partial charge in [0.15, 0.2) is 0 Å². The van der Waals surface area contributed by atoms with Crippen LogP contribution in [-0.2, 0) is 7.05 Å². The van der Waals surface area contributed by atoms with E-state index < -0.39 is 5.97 Å². The fraction of sp³-hybridized carbons (Fsp3) is 0.154. The number of carboxylic acids is 1. The van der Waals surface area contributed by atoms with Gasteiger partial charge in [-0.2, -0.15) is 0 Å². The normalized spacial score (nSPS) is 11.2. The Kier molecular flexibility index (Phi) is 2.10. The average molecular weight is 244 g/mol. The number of aromatic amines is 1. The number of nitrogens with zero attached hydrogens (tertiary/aromatic N) is 1. The summed E-state index contributed by atoms with van der Waals surface area (Å²) < 4.78 is 7.12. The van der Waals surface area contributed by atoms with Crippen LogP contribution in [-0.4, -0.2) is 27.7 Å². The highest BCUT2D eigenvalue weighted by molar-refractivity contribution is 6.09. The van der Waals surface area contributed by atoms with E-state index in [1.807, 2.05) is 29.8 Å². The van der Waals surface area contributed by atoms with Gasteiger partial charge in [-0.25, -0.2) is 4.79 Å². The lowest BCUT2D eigenvalue weighted by molar-refractivity contribution is 0.0691. The van der Waals surface area contributed by atoms with E-state index in [0.29, 0.717) is 0 Å². The molecule has 3 aromatic rings. The largest absolute Gasteiger partial charge is 0.497 e. The molecule has 18 heavy (non-hydrogen) atoms. The Morgan fingerprint density at radius 2 is 2.11 bits per heavy atom. The minimum absolute atomic E-state index is 0.202. The van der Waals surface area contributed by atoms with Gasteiger partial charge in [-0.05, 0) is 18.2 Å². The molecule has 0 spiro atoms. The lowest BCUT2D eigenvalue weighted by atomic mass is 10.2. The van der Waals surface area contributed by atoms with Crippen LogP contribution in [0.5, 0.6) is 5.75 Å². The summed E-state index contributed by atoms with van der Waals surface area (Å²) in [7, 11) is 3.52. The maximum Gasteiger partial charge on any atom is 0.352 e. The molecule has 0 saturated carbocycles. The number of nitrogens with one attached hydrogen (secondary N) is 1. The van der Waals surface area contributed by atoms with E-state index in [1.54, 1.807) is 13.2 Å². The number of rotatable bonds is 2. The standard InChI is InChI=1S/C13H12N2O3/c1-15-11-5-7(18-2)3-4-8(11)9-6-10(13(16)17)14-12(9)15/h3-6,14H,1-2H3,(H,16,17). The SMILES string of the molecule is COc1ccc2c3cc(C(=O)O)[nH]c3n(C)c2c1. The van der Waals surface area contributed by atoms with Crippen molar-refractivity contribution in [3.8, 4) is 5.75 Å². The third kappa shape index (κ3) is 1.30. The van der Waals surface area contributed by atoms with E-state index in [-0.39, 0.29) is 5.69 Å². The van der Waals surface area contributed by atoms with Crippen molar-refractivity contribution in [2.45, 2.75) is 0 Å². The Labute approximate surface area is 103 Å². The molecule has 2 aromatic heterocycles. The highest BCUT2D eigenvalue weighted by Gasteiger charge is 2.14. The first-order valence-electron chi connectivity index (χ1n) is 5.50. The van der Waals surface area contributed by atoms with Crippen LogP contribution in [0.25, 0.3) is 21.9 Å². The second-order valence-corrected chi connectivity index (χ2v) is 4.19. The Morgan fingerprint density at radius 3 is 2.78 bits per heavy atom.